The third-order valence-corrected chi connectivity index (χ3v) is 3.82. The van der Waals surface area contributed by atoms with E-state index in [1.54, 1.807) is 0 Å². The normalized spacial score (nSPS) is 12.9. The fraction of sp³-hybridized carbons (Fsp3) is 0.125. The van der Waals surface area contributed by atoms with Gasteiger partial charge in [-0.05, 0) is 18.2 Å². The number of rotatable bonds is 5. The Balaban J connectivity index is 1.97. The molecule has 0 saturated carbocycles. The number of aromatic nitrogens is 1. The smallest absolute Gasteiger partial charge is 0.335 e. The lowest BCUT2D eigenvalue weighted by atomic mass is 10.2. The van der Waals surface area contributed by atoms with E-state index in [4.69, 9.17) is 10.2 Å². The molecule has 0 radical (unpaired) electrons. The second-order valence-corrected chi connectivity index (χ2v) is 5.66. The maximum absolute atomic E-state index is 12.4. The lowest BCUT2D eigenvalue weighted by Crippen LogP contribution is -2.48. The van der Waals surface area contributed by atoms with Crippen LogP contribution in [-0.4, -0.2) is 56.0 Å². The molecule has 5 N–H and O–H groups in total. The summed E-state index contributed by atoms with van der Waals surface area (Å²) in [7, 11) is 0. The number of aromatic hydroxyl groups is 1. The van der Waals surface area contributed by atoms with E-state index in [1.807, 2.05) is 0 Å². The average Bonchev–Trinajstić information content (AvgIpc) is 2.61. The highest BCUT2D eigenvalue weighted by Gasteiger charge is 2.30. The van der Waals surface area contributed by atoms with Gasteiger partial charge >= 0.3 is 11.9 Å². The summed E-state index contributed by atoms with van der Waals surface area (Å²) >= 11 is 0. The van der Waals surface area contributed by atoms with Crippen molar-refractivity contribution in [2.24, 2.45) is 0 Å². The predicted octanol–water partition coefficient (Wildman–Crippen LogP) is 0.0371. The number of pyridine rings is 1. The molecule has 0 aliphatic carbocycles. The van der Waals surface area contributed by atoms with Crippen molar-refractivity contribution in [3.63, 3.8) is 0 Å². The van der Waals surface area contributed by atoms with E-state index in [0.717, 1.165) is 9.58 Å². The first kappa shape index (κ1) is 17.8. The van der Waals surface area contributed by atoms with Crippen LogP contribution in [-0.2, 0) is 4.79 Å². The number of benzene rings is 1. The van der Waals surface area contributed by atoms with E-state index in [9.17, 15) is 24.3 Å². The molecule has 2 heterocycles. The highest BCUT2D eigenvalue weighted by molar-refractivity contribution is 5.98. The number of carbonyl (C=O) groups excluding carboxylic acids is 1. The molecule has 2 aromatic rings. The zero-order valence-corrected chi connectivity index (χ0v) is 13.7. The van der Waals surface area contributed by atoms with Crippen LogP contribution < -0.4 is 16.2 Å². The molecular formula is C16H14N4O7. The summed E-state index contributed by atoms with van der Waals surface area (Å²) in [6, 6.07) is 5.69. The van der Waals surface area contributed by atoms with Gasteiger partial charge in [0.1, 0.15) is 18.9 Å². The molecule has 0 atom stereocenters. The third kappa shape index (κ3) is 3.38. The van der Waals surface area contributed by atoms with Gasteiger partial charge in [0.15, 0.2) is 11.4 Å². The van der Waals surface area contributed by atoms with Gasteiger partial charge < -0.3 is 31.0 Å². The number of hydrogen-bond donors (Lipinski definition) is 5. The number of nitrogens with one attached hydrogen (secondary N) is 2. The molecule has 1 amide bonds. The average molecular weight is 374 g/mol. The summed E-state index contributed by atoms with van der Waals surface area (Å²) < 4.78 is 1.11. The second kappa shape index (κ2) is 6.71. The van der Waals surface area contributed by atoms with Crippen molar-refractivity contribution in [1.82, 2.24) is 9.58 Å². The van der Waals surface area contributed by atoms with E-state index in [-0.39, 0.29) is 17.9 Å². The van der Waals surface area contributed by atoms with Crippen molar-refractivity contribution in [2.45, 2.75) is 0 Å². The maximum Gasteiger partial charge on any atom is 0.335 e. The molecule has 1 aromatic carbocycles. The zero-order valence-electron chi connectivity index (χ0n) is 13.7. The molecule has 1 aliphatic rings. The molecule has 3 rings (SSSR count). The van der Waals surface area contributed by atoms with Gasteiger partial charge in [-0.1, -0.05) is 6.07 Å². The van der Waals surface area contributed by atoms with Crippen molar-refractivity contribution >= 4 is 29.2 Å². The van der Waals surface area contributed by atoms with E-state index in [1.165, 1.54) is 30.5 Å². The van der Waals surface area contributed by atoms with Crippen molar-refractivity contribution in [2.75, 3.05) is 24.0 Å². The first-order valence-corrected chi connectivity index (χ1v) is 7.62. The zero-order chi connectivity index (χ0) is 19.7. The molecule has 0 bridgehead atoms. The van der Waals surface area contributed by atoms with Crippen LogP contribution in [0.1, 0.15) is 20.8 Å². The van der Waals surface area contributed by atoms with Crippen molar-refractivity contribution in [3.8, 4) is 5.75 Å². The van der Waals surface area contributed by atoms with E-state index >= 15 is 0 Å². The van der Waals surface area contributed by atoms with Gasteiger partial charge in [0.05, 0.1) is 11.8 Å². The highest BCUT2D eigenvalue weighted by atomic mass is 16.4. The van der Waals surface area contributed by atoms with Crippen LogP contribution in [0.25, 0.3) is 0 Å². The number of anilines is 2. The monoisotopic (exact) mass is 374 g/mol. The third-order valence-electron chi connectivity index (χ3n) is 3.82. The highest BCUT2D eigenvalue weighted by Crippen LogP contribution is 2.22. The summed E-state index contributed by atoms with van der Waals surface area (Å²) in [5, 5.41) is 30.7. The fourth-order valence-corrected chi connectivity index (χ4v) is 2.58. The lowest BCUT2D eigenvalue weighted by molar-refractivity contribution is -0.137. The van der Waals surface area contributed by atoms with Gasteiger partial charge in [-0.25, -0.2) is 4.79 Å². The van der Waals surface area contributed by atoms with Gasteiger partial charge in [-0.2, -0.15) is 0 Å². The van der Waals surface area contributed by atoms with Gasteiger partial charge in [-0.15, -0.1) is 0 Å². The molecule has 0 fully saturated rings. The van der Waals surface area contributed by atoms with Gasteiger partial charge in [0.2, 0.25) is 5.43 Å². The molecule has 140 valence electrons. The molecular weight excluding hydrogens is 360 g/mol. The Hall–Kier alpha value is -4.02. The van der Waals surface area contributed by atoms with Crippen molar-refractivity contribution in [3.05, 3.63) is 51.9 Å². The Morgan fingerprint density at radius 1 is 1.22 bits per heavy atom. The molecule has 0 saturated heterocycles. The number of carboxylic acid groups (broad SMARTS) is 2. The Morgan fingerprint density at radius 2 is 1.96 bits per heavy atom. The quantitative estimate of drug-likeness (QED) is 0.486. The minimum atomic E-state index is -1.24. The number of aliphatic carboxylic acids is 1. The summed E-state index contributed by atoms with van der Waals surface area (Å²) in [6.07, 6.45) is 1.22. The van der Waals surface area contributed by atoms with Gasteiger partial charge in [-0.3, -0.25) is 19.1 Å². The molecule has 11 heteroatoms. The number of nitrogens with zero attached hydrogens (tertiary/aromatic N) is 2. The second-order valence-electron chi connectivity index (χ2n) is 5.66. The van der Waals surface area contributed by atoms with Crippen LogP contribution in [0.5, 0.6) is 5.75 Å². The number of carbonyl (C=O) groups is 3. The maximum atomic E-state index is 12.4. The molecule has 11 nitrogen and oxygen atoms in total. The fourth-order valence-electron chi connectivity index (χ4n) is 2.58. The molecule has 0 spiro atoms. The van der Waals surface area contributed by atoms with Crippen molar-refractivity contribution < 1.29 is 29.7 Å². The first-order valence-electron chi connectivity index (χ1n) is 7.62. The molecule has 27 heavy (non-hydrogen) atoms. The summed E-state index contributed by atoms with van der Waals surface area (Å²) in [6.45, 7) is -0.740. The SMILES string of the molecule is O=C(O)CN1CNn2cc(Nc3cccc(C(=O)O)c3)c(=O)c(O)c2C1=O. The molecule has 0 unspecified atom stereocenters. The number of amides is 1. The van der Waals surface area contributed by atoms with Crippen LogP contribution >= 0.6 is 0 Å². The van der Waals surface area contributed by atoms with Crippen LogP contribution in [0.2, 0.25) is 0 Å². The van der Waals surface area contributed by atoms with E-state index in [2.05, 4.69) is 10.7 Å². The summed E-state index contributed by atoms with van der Waals surface area (Å²) in [4.78, 5) is 47.5. The number of aromatic carboxylic acids is 1. The van der Waals surface area contributed by atoms with E-state index in [0.29, 0.717) is 5.69 Å². The van der Waals surface area contributed by atoms with Gasteiger partial charge in [0, 0.05) is 5.69 Å². The number of fused-ring (bicyclic) bond motifs is 1. The molecule has 1 aliphatic heterocycles. The Labute approximate surface area is 151 Å². The topological polar surface area (TPSA) is 161 Å². The van der Waals surface area contributed by atoms with Gasteiger partial charge in [0.25, 0.3) is 5.91 Å². The number of carboxylic acids is 2. The molecule has 1 aromatic heterocycles. The largest absolute Gasteiger partial charge is 0.502 e. The Morgan fingerprint density at radius 3 is 2.63 bits per heavy atom. The Bertz CT molecular complexity index is 1010. The van der Waals surface area contributed by atoms with Crippen molar-refractivity contribution in [1.29, 1.82) is 0 Å². The van der Waals surface area contributed by atoms with Crippen LogP contribution in [0.15, 0.2) is 35.3 Å². The number of hydrogen-bond acceptors (Lipinski definition) is 7. The lowest BCUT2D eigenvalue weighted by Gasteiger charge is -2.30. The Kier molecular flexibility index (Phi) is 4.42. The predicted molar refractivity (Wildman–Crippen MR) is 92.0 cm³/mol. The van der Waals surface area contributed by atoms with Crippen LogP contribution in [0.4, 0.5) is 11.4 Å². The summed E-state index contributed by atoms with van der Waals surface area (Å²) in [5.41, 5.74) is 1.60. The first-order chi connectivity index (χ1) is 12.8. The standard InChI is InChI=1S/C16H14N4O7/c21-11(22)6-19-7-17-20-5-10(13(23)14(24)12(20)15(19)25)18-9-3-1-2-8(4-9)16(26)27/h1-5,17-18,24H,6-7H2,(H,21,22)(H,26,27). The minimum Gasteiger partial charge on any atom is -0.502 e. The van der Waals surface area contributed by atoms with Crippen LogP contribution in [0.3, 0.4) is 0 Å². The van der Waals surface area contributed by atoms with Crippen LogP contribution in [0, 0.1) is 0 Å². The minimum absolute atomic E-state index is 0.0000933. The summed E-state index contributed by atoms with van der Waals surface area (Å²) in [5.74, 6) is -4.06. The van der Waals surface area contributed by atoms with E-state index < -0.39 is 41.3 Å².